The first-order valence-electron chi connectivity index (χ1n) is 5.35. The van der Waals surface area contributed by atoms with Crippen molar-refractivity contribution >= 4 is 27.3 Å². The number of nitrogens with zero attached hydrogens (tertiary/aromatic N) is 2. The van der Waals surface area contributed by atoms with Crippen LogP contribution in [0, 0.1) is 0 Å². The predicted octanol–water partition coefficient (Wildman–Crippen LogP) is 2.85. The summed E-state index contributed by atoms with van der Waals surface area (Å²) >= 11 is 3.49. The lowest BCUT2D eigenvalue weighted by molar-refractivity contribution is 1.06. The Morgan fingerprint density at radius 3 is 2.88 bits per heavy atom. The van der Waals surface area contributed by atoms with E-state index in [-0.39, 0.29) is 0 Å². The minimum absolute atomic E-state index is 0.733. The van der Waals surface area contributed by atoms with E-state index in [9.17, 15) is 0 Å². The third-order valence-electron chi connectivity index (χ3n) is 2.46. The molecular weight excluding hydrogens is 280 g/mol. The maximum atomic E-state index is 3.99. The lowest BCUT2D eigenvalue weighted by Gasteiger charge is -2.18. The van der Waals surface area contributed by atoms with Gasteiger partial charge in [-0.05, 0) is 18.2 Å². The Kier molecular flexibility index (Phi) is 3.68. The Morgan fingerprint density at radius 2 is 2.24 bits per heavy atom. The second-order valence-corrected chi connectivity index (χ2v) is 4.90. The Morgan fingerprint density at radius 1 is 1.41 bits per heavy atom. The molecule has 5 heteroatoms. The van der Waals surface area contributed by atoms with E-state index >= 15 is 0 Å². The van der Waals surface area contributed by atoms with E-state index in [0.717, 1.165) is 28.1 Å². The summed E-state index contributed by atoms with van der Waals surface area (Å²) in [7, 11) is 4.06. The Balaban J connectivity index is 2.16. The summed E-state index contributed by atoms with van der Waals surface area (Å²) in [5.41, 5.74) is 3.32. The monoisotopic (exact) mass is 294 g/mol. The van der Waals surface area contributed by atoms with Crippen LogP contribution in [-0.2, 0) is 6.54 Å². The number of H-pyrrole nitrogens is 1. The molecule has 0 aliphatic rings. The first kappa shape index (κ1) is 12.0. The summed E-state index contributed by atoms with van der Waals surface area (Å²) in [5, 5.41) is 3.39. The molecule has 1 heterocycles. The minimum Gasteiger partial charge on any atom is -0.378 e. The highest BCUT2D eigenvalue weighted by Gasteiger charge is 2.05. The summed E-state index contributed by atoms with van der Waals surface area (Å²) in [4.78, 5) is 9.15. The number of halogens is 1. The van der Waals surface area contributed by atoms with Gasteiger partial charge >= 0.3 is 0 Å². The van der Waals surface area contributed by atoms with Gasteiger partial charge in [-0.1, -0.05) is 15.9 Å². The van der Waals surface area contributed by atoms with E-state index < -0.39 is 0 Å². The lowest BCUT2D eigenvalue weighted by Crippen LogP contribution is -2.12. The molecule has 0 bridgehead atoms. The van der Waals surface area contributed by atoms with Crippen molar-refractivity contribution in [1.29, 1.82) is 0 Å². The second kappa shape index (κ2) is 5.23. The van der Waals surface area contributed by atoms with Gasteiger partial charge in [0.25, 0.3) is 0 Å². The molecule has 0 aliphatic heterocycles. The van der Waals surface area contributed by atoms with E-state index in [0.29, 0.717) is 0 Å². The molecular formula is C12H15BrN4. The van der Waals surface area contributed by atoms with Gasteiger partial charge in [0, 0.05) is 24.8 Å². The molecule has 1 aromatic heterocycles. The summed E-state index contributed by atoms with van der Waals surface area (Å²) in [6.45, 7) is 0.733. The molecule has 0 aliphatic carbocycles. The fourth-order valence-electron chi connectivity index (χ4n) is 1.61. The summed E-state index contributed by atoms with van der Waals surface area (Å²) in [6.07, 6.45) is 3.51. The molecule has 17 heavy (non-hydrogen) atoms. The molecule has 1 aromatic carbocycles. The number of hydrogen-bond donors (Lipinski definition) is 2. The van der Waals surface area contributed by atoms with Crippen molar-refractivity contribution < 1.29 is 0 Å². The Bertz CT molecular complexity index is 479. The average molecular weight is 295 g/mol. The van der Waals surface area contributed by atoms with E-state index in [4.69, 9.17) is 0 Å². The van der Waals surface area contributed by atoms with Crippen molar-refractivity contribution in [2.45, 2.75) is 6.54 Å². The van der Waals surface area contributed by atoms with Crippen molar-refractivity contribution in [2.75, 3.05) is 24.3 Å². The van der Waals surface area contributed by atoms with Crippen LogP contribution in [0.15, 0.2) is 35.2 Å². The SMILES string of the molecule is CN(C)c1ccc(Br)cc1NCc1cnc[nH]1. The van der Waals surface area contributed by atoms with Gasteiger partial charge in [0.05, 0.1) is 29.9 Å². The quantitative estimate of drug-likeness (QED) is 0.911. The largest absolute Gasteiger partial charge is 0.378 e. The third-order valence-corrected chi connectivity index (χ3v) is 2.96. The van der Waals surface area contributed by atoms with E-state index in [1.807, 2.05) is 26.4 Å². The van der Waals surface area contributed by atoms with Gasteiger partial charge in [-0.3, -0.25) is 0 Å². The average Bonchev–Trinajstić information content (AvgIpc) is 2.78. The van der Waals surface area contributed by atoms with Crippen LogP contribution in [0.25, 0.3) is 0 Å². The number of aromatic amines is 1. The highest BCUT2D eigenvalue weighted by molar-refractivity contribution is 9.10. The predicted molar refractivity (Wildman–Crippen MR) is 74.4 cm³/mol. The van der Waals surface area contributed by atoms with Crippen molar-refractivity contribution in [3.8, 4) is 0 Å². The van der Waals surface area contributed by atoms with Crippen LogP contribution in [0.3, 0.4) is 0 Å². The maximum absolute atomic E-state index is 3.99. The van der Waals surface area contributed by atoms with Crippen LogP contribution in [0.1, 0.15) is 5.69 Å². The summed E-state index contributed by atoms with van der Waals surface area (Å²) < 4.78 is 1.07. The Labute approximate surface area is 109 Å². The first-order chi connectivity index (χ1) is 8.16. The van der Waals surface area contributed by atoms with E-state index in [2.05, 4.69) is 48.2 Å². The van der Waals surface area contributed by atoms with Crippen molar-refractivity contribution in [2.24, 2.45) is 0 Å². The lowest BCUT2D eigenvalue weighted by atomic mass is 10.2. The highest BCUT2D eigenvalue weighted by atomic mass is 79.9. The number of benzene rings is 1. The minimum atomic E-state index is 0.733. The summed E-state index contributed by atoms with van der Waals surface area (Å²) in [5.74, 6) is 0. The van der Waals surface area contributed by atoms with Crippen molar-refractivity contribution in [3.63, 3.8) is 0 Å². The van der Waals surface area contributed by atoms with Crippen molar-refractivity contribution in [1.82, 2.24) is 9.97 Å². The van der Waals surface area contributed by atoms with Crippen LogP contribution < -0.4 is 10.2 Å². The maximum Gasteiger partial charge on any atom is 0.0922 e. The van der Waals surface area contributed by atoms with Gasteiger partial charge in [-0.2, -0.15) is 0 Å². The fraction of sp³-hybridized carbons (Fsp3) is 0.250. The van der Waals surface area contributed by atoms with E-state index in [1.54, 1.807) is 6.33 Å². The fourth-order valence-corrected chi connectivity index (χ4v) is 1.97. The molecule has 4 nitrogen and oxygen atoms in total. The number of aromatic nitrogens is 2. The second-order valence-electron chi connectivity index (χ2n) is 3.99. The van der Waals surface area contributed by atoms with Crippen LogP contribution in [0.5, 0.6) is 0 Å². The molecule has 2 aromatic rings. The zero-order chi connectivity index (χ0) is 12.3. The van der Waals surface area contributed by atoms with Gasteiger partial charge in [0.2, 0.25) is 0 Å². The number of rotatable bonds is 4. The van der Waals surface area contributed by atoms with Crippen LogP contribution in [0.4, 0.5) is 11.4 Å². The molecule has 0 unspecified atom stereocenters. The number of nitrogens with one attached hydrogen (secondary N) is 2. The van der Waals surface area contributed by atoms with Gasteiger partial charge < -0.3 is 15.2 Å². The first-order valence-corrected chi connectivity index (χ1v) is 6.14. The van der Waals surface area contributed by atoms with Crippen LogP contribution in [-0.4, -0.2) is 24.1 Å². The molecule has 0 atom stereocenters. The van der Waals surface area contributed by atoms with Gasteiger partial charge in [0.15, 0.2) is 0 Å². The third kappa shape index (κ3) is 3.00. The molecule has 2 N–H and O–H groups in total. The molecule has 90 valence electrons. The zero-order valence-electron chi connectivity index (χ0n) is 9.87. The number of imidazole rings is 1. The number of hydrogen-bond acceptors (Lipinski definition) is 3. The topological polar surface area (TPSA) is 44.0 Å². The molecule has 0 fully saturated rings. The molecule has 0 saturated carbocycles. The molecule has 0 radical (unpaired) electrons. The van der Waals surface area contributed by atoms with Gasteiger partial charge in [-0.15, -0.1) is 0 Å². The summed E-state index contributed by atoms with van der Waals surface area (Å²) in [6, 6.07) is 6.20. The molecule has 0 saturated heterocycles. The molecule has 0 spiro atoms. The smallest absolute Gasteiger partial charge is 0.0922 e. The van der Waals surface area contributed by atoms with Gasteiger partial charge in [0.1, 0.15) is 0 Å². The highest BCUT2D eigenvalue weighted by Crippen LogP contribution is 2.28. The number of anilines is 2. The standard InChI is InChI=1S/C12H15BrN4/c1-17(2)12-4-3-9(13)5-11(12)15-7-10-6-14-8-16-10/h3-6,8,15H,7H2,1-2H3,(H,14,16). The van der Waals surface area contributed by atoms with Crippen LogP contribution >= 0.6 is 15.9 Å². The van der Waals surface area contributed by atoms with E-state index in [1.165, 1.54) is 0 Å². The molecule has 2 rings (SSSR count). The zero-order valence-corrected chi connectivity index (χ0v) is 11.5. The normalized spacial score (nSPS) is 10.3. The van der Waals surface area contributed by atoms with Crippen LogP contribution in [0.2, 0.25) is 0 Å². The van der Waals surface area contributed by atoms with Crippen molar-refractivity contribution in [3.05, 3.63) is 40.9 Å². The van der Waals surface area contributed by atoms with Gasteiger partial charge in [-0.25, -0.2) is 4.98 Å². The molecule has 0 amide bonds. The Hall–Kier alpha value is -1.49.